The van der Waals surface area contributed by atoms with Crippen molar-refractivity contribution >= 4 is 56.2 Å². The minimum absolute atomic E-state index is 0.0964. The Bertz CT molecular complexity index is 1480. The summed E-state index contributed by atoms with van der Waals surface area (Å²) in [5.74, 6) is 0.651. The first kappa shape index (κ1) is 25.1. The molecule has 0 atom stereocenters. The predicted octanol–water partition coefficient (Wildman–Crippen LogP) is 8.45. The maximum absolute atomic E-state index is 13.6. The lowest BCUT2D eigenvalue weighted by Gasteiger charge is -2.16. The predicted molar refractivity (Wildman–Crippen MR) is 157 cm³/mol. The van der Waals surface area contributed by atoms with Crippen LogP contribution in [0, 0.1) is 13.8 Å². The molecule has 0 aliphatic carbocycles. The van der Waals surface area contributed by atoms with Crippen molar-refractivity contribution in [3.63, 3.8) is 0 Å². The first-order valence-electron chi connectivity index (χ1n) is 11.9. The lowest BCUT2D eigenvalue weighted by molar-refractivity contribution is -0.113. The number of hydrogen-bond donors (Lipinski definition) is 0. The van der Waals surface area contributed by atoms with Gasteiger partial charge in [0, 0.05) is 4.47 Å². The molecule has 0 aromatic heterocycles. The zero-order chi connectivity index (χ0) is 25.8. The van der Waals surface area contributed by atoms with E-state index in [2.05, 4.69) is 15.9 Å². The number of amides is 1. The smallest absolute Gasteiger partial charge is 0.271 e. The van der Waals surface area contributed by atoms with Crippen LogP contribution in [-0.2, 0) is 11.4 Å². The van der Waals surface area contributed by atoms with Gasteiger partial charge >= 0.3 is 0 Å². The molecule has 0 N–H and O–H groups in total. The van der Waals surface area contributed by atoms with E-state index in [0.29, 0.717) is 16.7 Å². The fourth-order valence-corrected chi connectivity index (χ4v) is 5.06. The van der Waals surface area contributed by atoms with Crippen LogP contribution in [-0.4, -0.2) is 11.1 Å². The van der Waals surface area contributed by atoms with Crippen LogP contribution in [0.25, 0.3) is 6.08 Å². The highest BCUT2D eigenvalue weighted by atomic mass is 79.9. The Hall–Kier alpha value is -3.61. The summed E-state index contributed by atoms with van der Waals surface area (Å²) < 4.78 is 7.04. The summed E-state index contributed by atoms with van der Waals surface area (Å²) >= 11 is 4.84. The highest BCUT2D eigenvalue weighted by Crippen LogP contribution is 2.37. The number of ether oxygens (including phenoxy) is 1. The van der Waals surface area contributed by atoms with E-state index in [1.54, 1.807) is 4.90 Å². The Morgan fingerprint density at radius 1 is 0.892 bits per heavy atom. The van der Waals surface area contributed by atoms with E-state index in [4.69, 9.17) is 9.73 Å². The number of nitrogens with zero attached hydrogens (tertiary/aromatic N) is 2. The largest absolute Gasteiger partial charge is 0.489 e. The fourth-order valence-electron chi connectivity index (χ4n) is 3.79. The first-order valence-corrected chi connectivity index (χ1v) is 13.5. The van der Waals surface area contributed by atoms with Crippen molar-refractivity contribution in [3.05, 3.63) is 129 Å². The van der Waals surface area contributed by atoms with Crippen molar-refractivity contribution in [2.75, 3.05) is 4.90 Å². The number of thioether (sulfide) groups is 1. The highest BCUT2D eigenvalue weighted by Gasteiger charge is 2.34. The molecule has 1 heterocycles. The molecule has 1 saturated heterocycles. The third-order valence-corrected chi connectivity index (χ3v) is 7.33. The molecule has 0 unspecified atom stereocenters. The van der Waals surface area contributed by atoms with E-state index in [9.17, 15) is 4.79 Å². The van der Waals surface area contributed by atoms with Gasteiger partial charge in [-0.25, -0.2) is 4.99 Å². The number of aliphatic imine (C=N–C) groups is 1. The van der Waals surface area contributed by atoms with Crippen LogP contribution in [0.2, 0.25) is 0 Å². The number of anilines is 1. The molecule has 6 heteroatoms. The van der Waals surface area contributed by atoms with Crippen molar-refractivity contribution in [2.24, 2.45) is 4.99 Å². The van der Waals surface area contributed by atoms with Crippen molar-refractivity contribution in [3.8, 4) is 5.75 Å². The standard InChI is InChI=1S/C31H25BrN2O2S/c1-21-6-14-26(15-7-21)33-31-34(27-16-8-22(2)9-17-27)30(35)29(37-31)19-24-4-3-5-28(18-24)36-20-23-10-12-25(32)13-11-23/h3-19H,20H2,1-2H3/b29-19-,33-31?. The number of amidine groups is 1. The minimum Gasteiger partial charge on any atom is -0.489 e. The summed E-state index contributed by atoms with van der Waals surface area (Å²) in [7, 11) is 0. The maximum atomic E-state index is 13.6. The van der Waals surface area contributed by atoms with Crippen molar-refractivity contribution < 1.29 is 9.53 Å². The van der Waals surface area contributed by atoms with Gasteiger partial charge in [0.05, 0.1) is 16.3 Å². The van der Waals surface area contributed by atoms with Gasteiger partial charge in [-0.05, 0) is 91.3 Å². The van der Waals surface area contributed by atoms with Gasteiger partial charge in [-0.2, -0.15) is 0 Å². The Kier molecular flexibility index (Phi) is 7.58. The third kappa shape index (κ3) is 6.21. The molecule has 4 nitrogen and oxygen atoms in total. The van der Waals surface area contributed by atoms with Crippen LogP contribution in [0.1, 0.15) is 22.3 Å². The molecule has 0 spiro atoms. The lowest BCUT2D eigenvalue weighted by Crippen LogP contribution is -2.28. The molecule has 1 amide bonds. The third-order valence-electron chi connectivity index (χ3n) is 5.83. The number of benzene rings is 4. The minimum atomic E-state index is -0.0964. The second kappa shape index (κ2) is 11.2. The van der Waals surface area contributed by atoms with Crippen LogP contribution in [0.5, 0.6) is 5.75 Å². The molecule has 0 saturated carbocycles. The topological polar surface area (TPSA) is 41.9 Å². The average molecular weight is 570 g/mol. The molecule has 1 aliphatic heterocycles. The summed E-state index contributed by atoms with van der Waals surface area (Å²) in [6, 6.07) is 31.7. The van der Waals surface area contributed by atoms with E-state index in [0.717, 1.165) is 43.9 Å². The van der Waals surface area contributed by atoms with E-state index in [1.165, 1.54) is 11.8 Å². The molecule has 4 aromatic carbocycles. The van der Waals surface area contributed by atoms with E-state index >= 15 is 0 Å². The molecule has 37 heavy (non-hydrogen) atoms. The Balaban J connectivity index is 1.42. The quantitative estimate of drug-likeness (QED) is 0.219. The van der Waals surface area contributed by atoms with Crippen LogP contribution in [0.15, 0.2) is 111 Å². The van der Waals surface area contributed by atoms with Gasteiger partial charge in [0.1, 0.15) is 12.4 Å². The number of aryl methyl sites for hydroxylation is 2. The number of hydrogen-bond acceptors (Lipinski definition) is 4. The Morgan fingerprint density at radius 3 is 2.27 bits per heavy atom. The molecule has 4 aromatic rings. The van der Waals surface area contributed by atoms with Crippen molar-refractivity contribution in [1.29, 1.82) is 0 Å². The molecule has 1 aliphatic rings. The molecule has 5 rings (SSSR count). The zero-order valence-corrected chi connectivity index (χ0v) is 22.9. The van der Waals surface area contributed by atoms with Crippen LogP contribution in [0.4, 0.5) is 11.4 Å². The lowest BCUT2D eigenvalue weighted by atomic mass is 10.2. The molecule has 0 radical (unpaired) electrons. The highest BCUT2D eigenvalue weighted by molar-refractivity contribution is 9.10. The summed E-state index contributed by atoms with van der Waals surface area (Å²) in [4.78, 5) is 20.7. The van der Waals surface area contributed by atoms with Gasteiger partial charge in [0.15, 0.2) is 5.17 Å². The van der Waals surface area contributed by atoms with Gasteiger partial charge < -0.3 is 4.74 Å². The average Bonchev–Trinajstić information content (AvgIpc) is 3.20. The zero-order valence-electron chi connectivity index (χ0n) is 20.5. The second-order valence-corrected chi connectivity index (χ2v) is 10.7. The van der Waals surface area contributed by atoms with Gasteiger partial charge in [-0.1, -0.05) is 75.6 Å². The second-order valence-electron chi connectivity index (χ2n) is 8.80. The Labute approximate surface area is 229 Å². The van der Waals surface area contributed by atoms with Gasteiger partial charge in [-0.3, -0.25) is 9.69 Å². The van der Waals surface area contributed by atoms with E-state index in [1.807, 2.05) is 117 Å². The monoisotopic (exact) mass is 568 g/mol. The van der Waals surface area contributed by atoms with Crippen molar-refractivity contribution in [2.45, 2.75) is 20.5 Å². The summed E-state index contributed by atoms with van der Waals surface area (Å²) in [5, 5.41) is 0.631. The van der Waals surface area contributed by atoms with Gasteiger partial charge in [0.2, 0.25) is 0 Å². The van der Waals surface area contributed by atoms with E-state index in [-0.39, 0.29) is 5.91 Å². The van der Waals surface area contributed by atoms with Crippen LogP contribution >= 0.6 is 27.7 Å². The van der Waals surface area contributed by atoms with E-state index < -0.39 is 0 Å². The normalized spacial score (nSPS) is 15.5. The number of rotatable bonds is 6. The van der Waals surface area contributed by atoms with Crippen LogP contribution < -0.4 is 9.64 Å². The number of carbonyl (C=O) groups is 1. The molecular weight excluding hydrogens is 544 g/mol. The molecule has 0 bridgehead atoms. The fraction of sp³-hybridized carbons (Fsp3) is 0.0968. The van der Waals surface area contributed by atoms with Crippen molar-refractivity contribution in [1.82, 2.24) is 0 Å². The molecular formula is C31H25BrN2O2S. The summed E-state index contributed by atoms with van der Waals surface area (Å²) in [5.41, 5.74) is 5.88. The molecule has 184 valence electrons. The SMILES string of the molecule is Cc1ccc(N=C2S/C(=C\c3cccc(OCc4ccc(Br)cc4)c3)C(=O)N2c2ccc(C)cc2)cc1. The summed E-state index contributed by atoms with van der Waals surface area (Å²) in [6.07, 6.45) is 1.90. The first-order chi connectivity index (χ1) is 17.9. The van der Waals surface area contributed by atoms with Crippen LogP contribution in [0.3, 0.4) is 0 Å². The Morgan fingerprint density at radius 2 is 1.57 bits per heavy atom. The van der Waals surface area contributed by atoms with Gasteiger partial charge in [-0.15, -0.1) is 0 Å². The molecule has 1 fully saturated rings. The maximum Gasteiger partial charge on any atom is 0.271 e. The number of halogens is 1. The number of carbonyl (C=O) groups excluding carboxylic acids is 1. The summed E-state index contributed by atoms with van der Waals surface area (Å²) in [6.45, 7) is 4.54. The van der Waals surface area contributed by atoms with Gasteiger partial charge in [0.25, 0.3) is 5.91 Å².